The van der Waals surface area contributed by atoms with Gasteiger partial charge in [-0.05, 0) is 43.0 Å². The van der Waals surface area contributed by atoms with Crippen molar-refractivity contribution in [2.24, 2.45) is 17.8 Å². The second-order valence-corrected chi connectivity index (χ2v) is 8.44. The van der Waals surface area contributed by atoms with Crippen LogP contribution in [0.2, 0.25) is 0 Å². The predicted octanol–water partition coefficient (Wildman–Crippen LogP) is 3.45. The molecule has 2 aromatic carbocycles. The van der Waals surface area contributed by atoms with E-state index in [1.807, 2.05) is 36.4 Å². The average Bonchev–Trinajstić information content (AvgIpc) is 3.44. The van der Waals surface area contributed by atoms with Crippen LogP contribution < -0.4 is 5.32 Å². The van der Waals surface area contributed by atoms with Gasteiger partial charge < -0.3 is 14.8 Å². The molecule has 2 aliphatic heterocycles. The van der Waals surface area contributed by atoms with Gasteiger partial charge in [0.2, 0.25) is 0 Å². The van der Waals surface area contributed by atoms with Crippen molar-refractivity contribution < 1.29 is 19.1 Å². The van der Waals surface area contributed by atoms with Crippen molar-refractivity contribution >= 4 is 11.9 Å². The van der Waals surface area contributed by atoms with Crippen LogP contribution in [0.15, 0.2) is 60.7 Å². The molecule has 0 amide bonds. The molecular weight excluding hydrogens is 366 g/mol. The zero-order valence-electron chi connectivity index (χ0n) is 16.4. The quantitative estimate of drug-likeness (QED) is 0.809. The lowest BCUT2D eigenvalue weighted by Gasteiger charge is -2.28. The highest BCUT2D eigenvalue weighted by Gasteiger charge is 2.63. The lowest BCUT2D eigenvalue weighted by Crippen LogP contribution is -2.41. The van der Waals surface area contributed by atoms with Gasteiger partial charge in [0.05, 0.1) is 11.1 Å². The minimum atomic E-state index is -0.435. The molecule has 2 heterocycles. The van der Waals surface area contributed by atoms with Crippen molar-refractivity contribution in [3.8, 4) is 0 Å². The fraction of sp³-hybridized carbons (Fsp3) is 0.417. The third kappa shape index (κ3) is 3.14. The Kier molecular flexibility index (Phi) is 4.63. The van der Waals surface area contributed by atoms with Gasteiger partial charge in [-0.15, -0.1) is 0 Å². The Labute approximate surface area is 170 Å². The van der Waals surface area contributed by atoms with Gasteiger partial charge in [-0.1, -0.05) is 43.3 Å². The summed E-state index contributed by atoms with van der Waals surface area (Å²) in [4.78, 5) is 25.6. The van der Waals surface area contributed by atoms with E-state index in [2.05, 4.69) is 12.2 Å². The number of rotatable bonds is 4. The third-order valence-corrected chi connectivity index (χ3v) is 6.92. The lowest BCUT2D eigenvalue weighted by molar-refractivity contribution is -0.0456. The van der Waals surface area contributed by atoms with Crippen LogP contribution in [0.5, 0.6) is 0 Å². The molecule has 2 saturated heterocycles. The van der Waals surface area contributed by atoms with E-state index >= 15 is 0 Å². The number of carbonyl (C=O) groups excluding carboxylic acids is 2. The highest BCUT2D eigenvalue weighted by atomic mass is 16.6. The Morgan fingerprint density at radius 1 is 0.759 bits per heavy atom. The summed E-state index contributed by atoms with van der Waals surface area (Å²) < 4.78 is 12.0. The maximum atomic E-state index is 12.8. The minimum absolute atomic E-state index is 0.129. The van der Waals surface area contributed by atoms with E-state index in [1.54, 1.807) is 24.3 Å². The summed E-state index contributed by atoms with van der Waals surface area (Å²) in [5, 5.41) is 3.68. The van der Waals surface area contributed by atoms with E-state index in [-0.39, 0.29) is 23.8 Å². The molecule has 1 aliphatic carbocycles. The minimum Gasteiger partial charge on any atom is -0.455 e. The summed E-state index contributed by atoms with van der Waals surface area (Å²) in [6.07, 6.45) is 1.35. The van der Waals surface area contributed by atoms with Gasteiger partial charge in [0.25, 0.3) is 0 Å². The number of benzene rings is 2. The topological polar surface area (TPSA) is 64.6 Å². The Morgan fingerprint density at radius 3 is 1.79 bits per heavy atom. The fourth-order valence-electron chi connectivity index (χ4n) is 5.70. The van der Waals surface area contributed by atoms with Crippen LogP contribution in [0.4, 0.5) is 0 Å². The van der Waals surface area contributed by atoms with Crippen LogP contribution in [-0.4, -0.2) is 36.2 Å². The zero-order chi connectivity index (χ0) is 20.0. The molecule has 7 unspecified atom stereocenters. The Balaban J connectivity index is 1.41. The maximum Gasteiger partial charge on any atom is 0.338 e. The number of hydrogen-bond acceptors (Lipinski definition) is 5. The molecule has 1 N–H and O–H groups in total. The van der Waals surface area contributed by atoms with Crippen LogP contribution in [0.25, 0.3) is 0 Å². The number of fused-ring (bicyclic) bond motifs is 5. The molecule has 29 heavy (non-hydrogen) atoms. The van der Waals surface area contributed by atoms with Crippen molar-refractivity contribution in [2.45, 2.75) is 44.1 Å². The summed E-state index contributed by atoms with van der Waals surface area (Å²) in [6, 6.07) is 18.8. The molecule has 2 aromatic rings. The lowest BCUT2D eigenvalue weighted by atomic mass is 9.78. The number of esters is 2. The maximum absolute atomic E-state index is 12.8. The van der Waals surface area contributed by atoms with Crippen molar-refractivity contribution in [2.75, 3.05) is 0 Å². The first kappa shape index (κ1) is 18.4. The normalized spacial score (nSPS) is 34.6. The van der Waals surface area contributed by atoms with Crippen molar-refractivity contribution in [3.05, 3.63) is 71.8 Å². The van der Waals surface area contributed by atoms with Gasteiger partial charge in [0.1, 0.15) is 12.2 Å². The van der Waals surface area contributed by atoms with Crippen LogP contribution in [0.3, 0.4) is 0 Å². The van der Waals surface area contributed by atoms with Crippen LogP contribution >= 0.6 is 0 Å². The first-order chi connectivity index (χ1) is 14.1. The second-order valence-electron chi connectivity index (χ2n) is 8.44. The zero-order valence-corrected chi connectivity index (χ0v) is 16.4. The largest absolute Gasteiger partial charge is 0.455 e. The summed E-state index contributed by atoms with van der Waals surface area (Å²) >= 11 is 0. The van der Waals surface area contributed by atoms with Crippen LogP contribution in [0.1, 0.15) is 40.5 Å². The molecule has 2 bridgehead atoms. The Hall–Kier alpha value is -2.66. The van der Waals surface area contributed by atoms with Crippen LogP contribution in [0, 0.1) is 17.8 Å². The van der Waals surface area contributed by atoms with Gasteiger partial charge in [-0.25, -0.2) is 9.59 Å². The molecular formula is C24H25NO4. The monoisotopic (exact) mass is 391 g/mol. The van der Waals surface area contributed by atoms with E-state index in [4.69, 9.17) is 9.47 Å². The van der Waals surface area contributed by atoms with E-state index in [0.717, 1.165) is 12.8 Å². The molecule has 0 radical (unpaired) electrons. The van der Waals surface area contributed by atoms with Gasteiger partial charge in [0, 0.05) is 23.9 Å². The third-order valence-electron chi connectivity index (χ3n) is 6.92. The first-order valence-electron chi connectivity index (χ1n) is 10.4. The molecule has 7 atom stereocenters. The van der Waals surface area contributed by atoms with Crippen LogP contribution in [-0.2, 0) is 9.47 Å². The second kappa shape index (κ2) is 7.30. The summed E-state index contributed by atoms with van der Waals surface area (Å²) in [5.41, 5.74) is 1.04. The van der Waals surface area contributed by atoms with Crippen molar-refractivity contribution in [1.29, 1.82) is 0 Å². The van der Waals surface area contributed by atoms with Crippen molar-refractivity contribution in [3.63, 3.8) is 0 Å². The Bertz CT molecular complexity index is 900. The summed E-state index contributed by atoms with van der Waals surface area (Å²) in [7, 11) is 0. The summed E-state index contributed by atoms with van der Waals surface area (Å²) in [6.45, 7) is 2.12. The number of ether oxygens (including phenoxy) is 2. The van der Waals surface area contributed by atoms with Gasteiger partial charge >= 0.3 is 11.9 Å². The highest BCUT2D eigenvalue weighted by molar-refractivity contribution is 5.90. The van der Waals surface area contributed by atoms with Gasteiger partial charge in [0.15, 0.2) is 0 Å². The smallest absolute Gasteiger partial charge is 0.338 e. The molecule has 3 fully saturated rings. The Morgan fingerprint density at radius 2 is 1.24 bits per heavy atom. The van der Waals surface area contributed by atoms with Gasteiger partial charge in [-0.2, -0.15) is 0 Å². The van der Waals surface area contributed by atoms with Crippen molar-refractivity contribution in [1.82, 2.24) is 5.32 Å². The van der Waals surface area contributed by atoms with E-state index < -0.39 is 12.2 Å². The molecule has 5 rings (SSSR count). The molecule has 0 spiro atoms. The average molecular weight is 391 g/mol. The number of nitrogens with one attached hydrogen (secondary N) is 1. The molecule has 1 saturated carbocycles. The first-order valence-corrected chi connectivity index (χ1v) is 10.4. The molecule has 3 aliphatic rings. The van der Waals surface area contributed by atoms with E-state index in [0.29, 0.717) is 29.1 Å². The molecule has 5 nitrogen and oxygen atoms in total. The number of carbonyl (C=O) groups is 2. The molecule has 150 valence electrons. The number of hydrogen-bond donors (Lipinski definition) is 1. The standard InChI is InChI=1S/C24H25NO4/c1-14-19-17-12-13-18(25-17)20(19)22(29-24(27)16-10-6-3-7-11-16)21(14)28-23(26)15-8-4-2-5-9-15/h2-11,14,17-22,25H,12-13H2,1H3. The molecule has 0 aromatic heterocycles. The van der Waals surface area contributed by atoms with Gasteiger partial charge in [-0.3, -0.25) is 0 Å². The summed E-state index contributed by atoms with van der Waals surface area (Å²) in [5.74, 6) is -0.0413. The van der Waals surface area contributed by atoms with E-state index in [1.165, 1.54) is 0 Å². The van der Waals surface area contributed by atoms with E-state index in [9.17, 15) is 9.59 Å². The predicted molar refractivity (Wildman–Crippen MR) is 107 cm³/mol. The fourth-order valence-corrected chi connectivity index (χ4v) is 5.70. The molecule has 5 heteroatoms. The SMILES string of the molecule is CC1C(OC(=O)c2ccccc2)C(OC(=O)c2ccccc2)C2C3CCC(N3)C12. The highest BCUT2D eigenvalue weighted by Crippen LogP contribution is 2.53.